The fourth-order valence-electron chi connectivity index (χ4n) is 2.21. The van der Waals surface area contributed by atoms with Crippen molar-refractivity contribution in [2.24, 2.45) is 5.92 Å². The Kier molecular flexibility index (Phi) is 4.62. The SMILES string of the molecule is CC[C@@H]1CCCC[C@H]1NCCO. The Balaban J connectivity index is 2.26. The topological polar surface area (TPSA) is 32.3 Å². The van der Waals surface area contributed by atoms with Gasteiger partial charge >= 0.3 is 0 Å². The molecule has 2 N–H and O–H groups in total. The van der Waals surface area contributed by atoms with E-state index in [2.05, 4.69) is 12.2 Å². The first kappa shape index (κ1) is 10.0. The van der Waals surface area contributed by atoms with Crippen LogP contribution in [0.25, 0.3) is 0 Å². The van der Waals surface area contributed by atoms with E-state index in [9.17, 15) is 0 Å². The number of rotatable bonds is 4. The second-order valence-electron chi connectivity index (χ2n) is 3.74. The van der Waals surface area contributed by atoms with Crippen molar-refractivity contribution in [2.45, 2.75) is 45.1 Å². The summed E-state index contributed by atoms with van der Waals surface area (Å²) >= 11 is 0. The Morgan fingerprint density at radius 2 is 2.08 bits per heavy atom. The lowest BCUT2D eigenvalue weighted by molar-refractivity contribution is 0.227. The molecule has 0 bridgehead atoms. The minimum Gasteiger partial charge on any atom is -0.395 e. The van der Waals surface area contributed by atoms with Gasteiger partial charge in [-0.15, -0.1) is 0 Å². The van der Waals surface area contributed by atoms with Gasteiger partial charge in [-0.2, -0.15) is 0 Å². The summed E-state index contributed by atoms with van der Waals surface area (Å²) in [6, 6.07) is 0.677. The Morgan fingerprint density at radius 1 is 1.33 bits per heavy atom. The third kappa shape index (κ3) is 2.76. The van der Waals surface area contributed by atoms with Gasteiger partial charge in [0.1, 0.15) is 0 Å². The predicted octanol–water partition coefficient (Wildman–Crippen LogP) is 1.54. The average Bonchev–Trinajstić information content (AvgIpc) is 2.15. The molecule has 0 saturated heterocycles. The second-order valence-corrected chi connectivity index (χ2v) is 3.74. The fraction of sp³-hybridized carbons (Fsp3) is 1.00. The Bertz CT molecular complexity index is 116. The molecule has 1 aliphatic carbocycles. The van der Waals surface area contributed by atoms with Crippen LogP contribution in [-0.4, -0.2) is 24.3 Å². The lowest BCUT2D eigenvalue weighted by Crippen LogP contribution is -2.39. The van der Waals surface area contributed by atoms with E-state index in [1.165, 1.54) is 32.1 Å². The molecule has 12 heavy (non-hydrogen) atoms. The molecule has 0 radical (unpaired) electrons. The Hall–Kier alpha value is -0.0800. The summed E-state index contributed by atoms with van der Waals surface area (Å²) in [7, 11) is 0. The van der Waals surface area contributed by atoms with Crippen LogP contribution >= 0.6 is 0 Å². The summed E-state index contributed by atoms with van der Waals surface area (Å²) in [6.07, 6.45) is 6.72. The minimum atomic E-state index is 0.271. The van der Waals surface area contributed by atoms with Crippen molar-refractivity contribution in [1.82, 2.24) is 5.32 Å². The molecule has 0 unspecified atom stereocenters. The van der Waals surface area contributed by atoms with Crippen LogP contribution in [-0.2, 0) is 0 Å². The van der Waals surface area contributed by atoms with Crippen molar-refractivity contribution >= 4 is 0 Å². The van der Waals surface area contributed by atoms with Gasteiger partial charge < -0.3 is 10.4 Å². The largest absolute Gasteiger partial charge is 0.395 e. The molecular formula is C10H21NO. The maximum Gasteiger partial charge on any atom is 0.0556 e. The van der Waals surface area contributed by atoms with E-state index in [0.717, 1.165) is 12.5 Å². The van der Waals surface area contributed by atoms with E-state index >= 15 is 0 Å². The van der Waals surface area contributed by atoms with Crippen molar-refractivity contribution in [3.05, 3.63) is 0 Å². The van der Waals surface area contributed by atoms with E-state index < -0.39 is 0 Å². The lowest BCUT2D eigenvalue weighted by atomic mass is 9.83. The molecule has 2 atom stereocenters. The summed E-state index contributed by atoms with van der Waals surface area (Å²) in [5.41, 5.74) is 0. The third-order valence-electron chi connectivity index (χ3n) is 2.95. The fourth-order valence-corrected chi connectivity index (χ4v) is 2.21. The molecule has 0 heterocycles. The van der Waals surface area contributed by atoms with E-state index in [4.69, 9.17) is 5.11 Å². The molecule has 0 aromatic rings. The van der Waals surface area contributed by atoms with Crippen LogP contribution in [0.4, 0.5) is 0 Å². The quantitative estimate of drug-likeness (QED) is 0.672. The van der Waals surface area contributed by atoms with Gasteiger partial charge in [0.25, 0.3) is 0 Å². The first-order valence-corrected chi connectivity index (χ1v) is 5.22. The molecule has 0 spiro atoms. The van der Waals surface area contributed by atoms with E-state index in [1.807, 2.05) is 0 Å². The molecule has 2 heteroatoms. The van der Waals surface area contributed by atoms with Crippen LogP contribution in [0.1, 0.15) is 39.0 Å². The monoisotopic (exact) mass is 171 g/mol. The zero-order valence-electron chi connectivity index (χ0n) is 8.05. The van der Waals surface area contributed by atoms with Gasteiger partial charge in [0.05, 0.1) is 6.61 Å². The van der Waals surface area contributed by atoms with Crippen molar-refractivity contribution in [3.63, 3.8) is 0 Å². The van der Waals surface area contributed by atoms with Gasteiger partial charge in [-0.25, -0.2) is 0 Å². The number of aliphatic hydroxyl groups excluding tert-OH is 1. The molecule has 0 amide bonds. The van der Waals surface area contributed by atoms with Crippen molar-refractivity contribution in [1.29, 1.82) is 0 Å². The summed E-state index contributed by atoms with van der Waals surface area (Å²) in [4.78, 5) is 0. The van der Waals surface area contributed by atoms with Crippen molar-refractivity contribution in [3.8, 4) is 0 Å². The Morgan fingerprint density at radius 3 is 2.75 bits per heavy atom. The first-order chi connectivity index (χ1) is 5.88. The number of nitrogens with one attached hydrogen (secondary N) is 1. The average molecular weight is 171 g/mol. The molecule has 2 nitrogen and oxygen atoms in total. The molecule has 0 aliphatic heterocycles. The van der Waals surface area contributed by atoms with E-state index in [0.29, 0.717) is 6.04 Å². The van der Waals surface area contributed by atoms with Crippen molar-refractivity contribution < 1.29 is 5.11 Å². The maximum atomic E-state index is 8.69. The highest BCUT2D eigenvalue weighted by molar-refractivity contribution is 4.79. The van der Waals surface area contributed by atoms with Crippen LogP contribution in [0.3, 0.4) is 0 Å². The molecule has 1 saturated carbocycles. The standard InChI is InChI=1S/C10H21NO/c1-2-9-5-3-4-6-10(9)11-7-8-12/h9-12H,2-8H2,1H3/t9-,10-/m1/s1. The van der Waals surface area contributed by atoms with E-state index in [1.54, 1.807) is 0 Å². The molecule has 1 rings (SSSR count). The zero-order chi connectivity index (χ0) is 8.81. The van der Waals surface area contributed by atoms with Gasteiger partial charge in [-0.1, -0.05) is 26.2 Å². The highest BCUT2D eigenvalue weighted by atomic mass is 16.3. The molecule has 72 valence electrons. The van der Waals surface area contributed by atoms with Gasteiger partial charge in [0.2, 0.25) is 0 Å². The van der Waals surface area contributed by atoms with Crippen LogP contribution in [0.2, 0.25) is 0 Å². The highest BCUT2D eigenvalue weighted by Crippen LogP contribution is 2.26. The van der Waals surface area contributed by atoms with Crippen LogP contribution < -0.4 is 5.32 Å². The molecule has 0 aromatic carbocycles. The smallest absolute Gasteiger partial charge is 0.0556 e. The summed E-state index contributed by atoms with van der Waals surface area (Å²) in [5.74, 6) is 0.852. The van der Waals surface area contributed by atoms with Gasteiger partial charge in [-0.05, 0) is 18.8 Å². The summed E-state index contributed by atoms with van der Waals surface area (Å²) < 4.78 is 0. The molecule has 1 fully saturated rings. The summed E-state index contributed by atoms with van der Waals surface area (Å²) in [5, 5.41) is 12.1. The molecule has 0 aromatic heterocycles. The number of hydrogen-bond acceptors (Lipinski definition) is 2. The highest BCUT2D eigenvalue weighted by Gasteiger charge is 2.22. The molecule has 1 aliphatic rings. The minimum absolute atomic E-state index is 0.271. The van der Waals surface area contributed by atoms with Crippen molar-refractivity contribution in [2.75, 3.05) is 13.2 Å². The summed E-state index contributed by atoms with van der Waals surface area (Å²) in [6.45, 7) is 3.30. The second kappa shape index (κ2) is 5.55. The normalized spacial score (nSPS) is 30.5. The number of aliphatic hydroxyl groups is 1. The van der Waals surface area contributed by atoms with E-state index in [-0.39, 0.29) is 6.61 Å². The first-order valence-electron chi connectivity index (χ1n) is 5.22. The third-order valence-corrected chi connectivity index (χ3v) is 2.95. The van der Waals surface area contributed by atoms with Crippen LogP contribution in [0.5, 0.6) is 0 Å². The predicted molar refractivity (Wildman–Crippen MR) is 51.1 cm³/mol. The van der Waals surface area contributed by atoms with Crippen LogP contribution in [0, 0.1) is 5.92 Å². The number of hydrogen-bond donors (Lipinski definition) is 2. The maximum absolute atomic E-state index is 8.69. The lowest BCUT2D eigenvalue weighted by Gasteiger charge is -2.31. The van der Waals surface area contributed by atoms with Gasteiger partial charge in [0, 0.05) is 12.6 Å². The molecular weight excluding hydrogens is 150 g/mol. The van der Waals surface area contributed by atoms with Crippen LogP contribution in [0.15, 0.2) is 0 Å². The van der Waals surface area contributed by atoms with Gasteiger partial charge in [-0.3, -0.25) is 0 Å². The zero-order valence-corrected chi connectivity index (χ0v) is 8.05. The Labute approximate surface area is 75.4 Å². The van der Waals surface area contributed by atoms with Gasteiger partial charge in [0.15, 0.2) is 0 Å².